The summed E-state index contributed by atoms with van der Waals surface area (Å²) in [6, 6.07) is 6.09. The molecule has 1 atom stereocenters. The van der Waals surface area contributed by atoms with Gasteiger partial charge in [0.25, 0.3) is 0 Å². The molecule has 0 aromatic heterocycles. The van der Waals surface area contributed by atoms with Crippen LogP contribution in [-0.2, 0) is 0 Å². The second kappa shape index (κ2) is 4.73. The minimum Gasteiger partial charge on any atom is -0.329 e. The molecule has 4 heteroatoms. The van der Waals surface area contributed by atoms with Gasteiger partial charge in [-0.1, -0.05) is 6.07 Å². The lowest BCUT2D eigenvalue weighted by molar-refractivity contribution is 0.729. The summed E-state index contributed by atoms with van der Waals surface area (Å²) in [5.74, 6) is 0. The van der Waals surface area contributed by atoms with Crippen LogP contribution in [-0.4, -0.2) is 6.54 Å². The Morgan fingerprint density at radius 2 is 1.75 bits per heavy atom. The van der Waals surface area contributed by atoms with E-state index in [1.807, 2.05) is 18.2 Å². The first-order valence-corrected chi connectivity index (χ1v) is 5.72. The zero-order valence-electron chi connectivity index (χ0n) is 6.43. The van der Waals surface area contributed by atoms with Crippen LogP contribution in [0.25, 0.3) is 0 Å². The van der Waals surface area contributed by atoms with E-state index in [9.17, 15) is 0 Å². The normalized spacial score (nSPS) is 13.0. The summed E-state index contributed by atoms with van der Waals surface area (Å²) < 4.78 is 2.38. The smallest absolute Gasteiger partial charge is 0.0440 e. The summed E-state index contributed by atoms with van der Waals surface area (Å²) in [7, 11) is 0. The highest BCUT2D eigenvalue weighted by Gasteiger charge is 2.10. The van der Waals surface area contributed by atoms with Gasteiger partial charge in [-0.2, -0.15) is 0 Å². The Balaban J connectivity index is 3.12. The summed E-state index contributed by atoms with van der Waals surface area (Å²) in [6.45, 7) is 0.496. The molecule has 1 rings (SSSR count). The Labute approximate surface area is 99.4 Å². The van der Waals surface area contributed by atoms with Crippen molar-refractivity contribution in [1.82, 2.24) is 0 Å². The minimum atomic E-state index is -0.0370. The number of hydrogen-bond donors (Lipinski definition) is 2. The van der Waals surface area contributed by atoms with E-state index in [1.165, 1.54) is 12.7 Å². The molecule has 12 heavy (non-hydrogen) atoms. The molecule has 2 nitrogen and oxygen atoms in total. The van der Waals surface area contributed by atoms with Crippen molar-refractivity contribution in [2.24, 2.45) is 11.5 Å². The van der Waals surface area contributed by atoms with Crippen molar-refractivity contribution in [3.05, 3.63) is 30.9 Å². The number of nitrogens with two attached hydrogens (primary N) is 2. The Hall–Kier alpha value is 0.600. The van der Waals surface area contributed by atoms with E-state index in [0.29, 0.717) is 6.54 Å². The van der Waals surface area contributed by atoms with Gasteiger partial charge in [0.05, 0.1) is 0 Å². The van der Waals surface area contributed by atoms with Crippen molar-refractivity contribution in [2.45, 2.75) is 6.04 Å². The van der Waals surface area contributed by atoms with Crippen LogP contribution in [0.15, 0.2) is 18.2 Å². The molecule has 0 saturated carbocycles. The molecular formula is C8H10I2N2. The van der Waals surface area contributed by atoms with Crippen LogP contribution in [0.3, 0.4) is 0 Å². The zero-order valence-corrected chi connectivity index (χ0v) is 10.7. The Morgan fingerprint density at radius 1 is 1.25 bits per heavy atom. The Bertz CT molecular complexity index is 256. The van der Waals surface area contributed by atoms with Crippen LogP contribution >= 0.6 is 45.2 Å². The molecule has 0 fully saturated rings. The van der Waals surface area contributed by atoms with E-state index in [2.05, 4.69) is 45.2 Å². The quantitative estimate of drug-likeness (QED) is 0.761. The number of halogens is 2. The predicted molar refractivity (Wildman–Crippen MR) is 67.9 cm³/mol. The maximum Gasteiger partial charge on any atom is 0.0440 e. The van der Waals surface area contributed by atoms with Gasteiger partial charge in [0.1, 0.15) is 0 Å². The average molecular weight is 388 g/mol. The van der Waals surface area contributed by atoms with Crippen molar-refractivity contribution in [2.75, 3.05) is 6.54 Å². The van der Waals surface area contributed by atoms with Crippen molar-refractivity contribution >= 4 is 45.2 Å². The fourth-order valence-electron chi connectivity index (χ4n) is 0.983. The van der Waals surface area contributed by atoms with Gasteiger partial charge in [0.15, 0.2) is 0 Å². The first-order valence-electron chi connectivity index (χ1n) is 3.56. The molecule has 4 N–H and O–H groups in total. The molecule has 1 aromatic carbocycles. The van der Waals surface area contributed by atoms with Gasteiger partial charge in [-0.25, -0.2) is 0 Å². The topological polar surface area (TPSA) is 52.0 Å². The first-order chi connectivity index (χ1) is 5.66. The Morgan fingerprint density at radius 3 is 2.17 bits per heavy atom. The molecule has 0 aliphatic heterocycles. The molecule has 0 saturated heterocycles. The van der Waals surface area contributed by atoms with Crippen molar-refractivity contribution < 1.29 is 0 Å². The van der Waals surface area contributed by atoms with Crippen molar-refractivity contribution in [3.8, 4) is 0 Å². The molecule has 0 aliphatic rings. The van der Waals surface area contributed by atoms with Crippen molar-refractivity contribution in [1.29, 1.82) is 0 Å². The molecule has 1 aromatic rings. The lowest BCUT2D eigenvalue weighted by Crippen LogP contribution is -2.22. The molecule has 0 spiro atoms. The Kier molecular flexibility index (Phi) is 4.21. The third-order valence-corrected chi connectivity index (χ3v) is 3.51. The molecule has 0 amide bonds. The summed E-state index contributed by atoms with van der Waals surface area (Å²) in [6.07, 6.45) is 0. The molecule has 0 heterocycles. The monoisotopic (exact) mass is 388 g/mol. The molecule has 0 aliphatic carbocycles. The largest absolute Gasteiger partial charge is 0.329 e. The maximum atomic E-state index is 5.86. The average Bonchev–Trinajstić information content (AvgIpc) is 2.03. The standard InChI is InChI=1S/C8H10I2N2/c9-5-2-1-3-6(10)8(5)7(12)4-11/h1-3,7H,4,11-12H2. The fraction of sp³-hybridized carbons (Fsp3) is 0.250. The van der Waals surface area contributed by atoms with E-state index in [1.54, 1.807) is 0 Å². The molecule has 66 valence electrons. The second-order valence-electron chi connectivity index (χ2n) is 2.48. The van der Waals surface area contributed by atoms with Crippen LogP contribution in [0.5, 0.6) is 0 Å². The van der Waals surface area contributed by atoms with E-state index in [4.69, 9.17) is 11.5 Å². The highest BCUT2D eigenvalue weighted by Crippen LogP contribution is 2.23. The molecule has 0 bridgehead atoms. The van der Waals surface area contributed by atoms with Crippen LogP contribution in [0.1, 0.15) is 11.6 Å². The van der Waals surface area contributed by atoms with Crippen LogP contribution in [0, 0.1) is 7.14 Å². The van der Waals surface area contributed by atoms with Gasteiger partial charge in [0, 0.05) is 19.7 Å². The van der Waals surface area contributed by atoms with Gasteiger partial charge in [-0.3, -0.25) is 0 Å². The number of rotatable bonds is 2. The fourth-order valence-corrected chi connectivity index (χ4v) is 3.30. The maximum absolute atomic E-state index is 5.86. The third-order valence-electron chi connectivity index (χ3n) is 1.62. The van der Waals surface area contributed by atoms with Crippen LogP contribution < -0.4 is 11.5 Å². The summed E-state index contributed by atoms with van der Waals surface area (Å²) in [5, 5.41) is 0. The lowest BCUT2D eigenvalue weighted by atomic mass is 10.1. The highest BCUT2D eigenvalue weighted by molar-refractivity contribution is 14.1. The summed E-state index contributed by atoms with van der Waals surface area (Å²) in [4.78, 5) is 0. The van der Waals surface area contributed by atoms with Gasteiger partial charge in [0.2, 0.25) is 0 Å². The third kappa shape index (κ3) is 2.30. The SMILES string of the molecule is NCC(N)c1c(I)cccc1I. The van der Waals surface area contributed by atoms with E-state index >= 15 is 0 Å². The second-order valence-corrected chi connectivity index (χ2v) is 4.80. The molecular weight excluding hydrogens is 378 g/mol. The number of hydrogen-bond acceptors (Lipinski definition) is 2. The summed E-state index contributed by atoms with van der Waals surface area (Å²) >= 11 is 4.57. The predicted octanol–water partition coefficient (Wildman–Crippen LogP) is 1.85. The van der Waals surface area contributed by atoms with Gasteiger partial charge >= 0.3 is 0 Å². The van der Waals surface area contributed by atoms with E-state index in [0.717, 1.165) is 0 Å². The van der Waals surface area contributed by atoms with Crippen LogP contribution in [0.2, 0.25) is 0 Å². The van der Waals surface area contributed by atoms with Gasteiger partial charge < -0.3 is 11.5 Å². The molecule has 1 unspecified atom stereocenters. The van der Waals surface area contributed by atoms with E-state index in [-0.39, 0.29) is 6.04 Å². The highest BCUT2D eigenvalue weighted by atomic mass is 127. The molecule has 0 radical (unpaired) electrons. The van der Waals surface area contributed by atoms with E-state index < -0.39 is 0 Å². The van der Waals surface area contributed by atoms with Gasteiger partial charge in [-0.05, 0) is 62.9 Å². The zero-order chi connectivity index (χ0) is 9.14. The minimum absolute atomic E-state index is 0.0370. The number of benzene rings is 1. The summed E-state index contributed by atoms with van der Waals surface area (Å²) in [5.41, 5.74) is 12.5. The lowest BCUT2D eigenvalue weighted by Gasteiger charge is -2.13. The van der Waals surface area contributed by atoms with Gasteiger partial charge in [-0.15, -0.1) is 0 Å². The van der Waals surface area contributed by atoms with Crippen molar-refractivity contribution in [3.63, 3.8) is 0 Å². The first kappa shape index (κ1) is 10.7. The van der Waals surface area contributed by atoms with Crippen LogP contribution in [0.4, 0.5) is 0 Å².